The fraction of sp³-hybridized carbons (Fsp3) is 0.857. The SMILES string of the molecule is CCC1(CCB(C)C#N)CCN(CC(=O)OC)CC1. The van der Waals surface area contributed by atoms with Gasteiger partial charge in [-0.05, 0) is 31.3 Å². The van der Waals surface area contributed by atoms with E-state index in [0.29, 0.717) is 12.0 Å². The summed E-state index contributed by atoms with van der Waals surface area (Å²) in [5.74, 6) is 2.17. The Morgan fingerprint density at radius 3 is 2.58 bits per heavy atom. The van der Waals surface area contributed by atoms with Crippen molar-refractivity contribution in [2.24, 2.45) is 5.41 Å². The Morgan fingerprint density at radius 2 is 2.11 bits per heavy atom. The summed E-state index contributed by atoms with van der Waals surface area (Å²) in [6.07, 6.45) is 5.53. The van der Waals surface area contributed by atoms with Gasteiger partial charge in [-0.15, -0.1) is 0 Å². The Bertz CT molecular complexity index is 333. The van der Waals surface area contributed by atoms with E-state index in [1.165, 1.54) is 7.11 Å². The molecule has 0 N–H and O–H groups in total. The van der Waals surface area contributed by atoms with E-state index in [4.69, 9.17) is 10.00 Å². The molecule has 0 radical (unpaired) electrons. The fourth-order valence-electron chi connectivity index (χ4n) is 2.80. The Kier molecular flexibility index (Phi) is 6.37. The molecule has 19 heavy (non-hydrogen) atoms. The molecule has 0 aromatic rings. The standard InChI is InChI=1S/C14H25BN2O2/c1-4-14(5-8-15(2)12-16)6-9-17(10-7-14)11-13(18)19-3/h4-11H2,1-3H3. The van der Waals surface area contributed by atoms with Crippen LogP contribution in [0.3, 0.4) is 0 Å². The smallest absolute Gasteiger partial charge is 0.319 e. The third-order valence-corrected chi connectivity index (χ3v) is 4.58. The minimum absolute atomic E-state index is 0.150. The van der Waals surface area contributed by atoms with E-state index in [0.717, 1.165) is 45.1 Å². The number of nitriles is 1. The lowest BCUT2D eigenvalue weighted by atomic mass is 9.48. The van der Waals surface area contributed by atoms with Gasteiger partial charge in [0.05, 0.1) is 13.7 Å². The molecular formula is C14H25BN2O2. The topological polar surface area (TPSA) is 53.3 Å². The third-order valence-electron chi connectivity index (χ3n) is 4.58. The Labute approximate surface area is 117 Å². The van der Waals surface area contributed by atoms with Crippen LogP contribution in [-0.2, 0) is 9.53 Å². The van der Waals surface area contributed by atoms with Gasteiger partial charge in [0.2, 0.25) is 0 Å². The minimum Gasteiger partial charge on any atom is -0.468 e. The molecule has 0 unspecified atom stereocenters. The van der Waals surface area contributed by atoms with Crippen molar-refractivity contribution in [3.05, 3.63) is 0 Å². The lowest BCUT2D eigenvalue weighted by molar-refractivity contribution is -0.142. The summed E-state index contributed by atoms with van der Waals surface area (Å²) in [6, 6.07) is 0. The van der Waals surface area contributed by atoms with E-state index in [2.05, 4.69) is 17.8 Å². The van der Waals surface area contributed by atoms with Crippen molar-refractivity contribution < 1.29 is 9.53 Å². The number of carbonyl (C=O) groups excluding carboxylic acids is 1. The second-order valence-electron chi connectivity index (χ2n) is 5.77. The van der Waals surface area contributed by atoms with Crippen molar-refractivity contribution in [2.45, 2.75) is 45.8 Å². The predicted molar refractivity (Wildman–Crippen MR) is 77.1 cm³/mol. The molecule has 0 spiro atoms. The van der Waals surface area contributed by atoms with Crippen LogP contribution in [0.1, 0.15) is 32.6 Å². The van der Waals surface area contributed by atoms with Gasteiger partial charge in [-0.1, -0.05) is 32.9 Å². The summed E-state index contributed by atoms with van der Waals surface area (Å²) in [5, 5.41) is 8.88. The highest BCUT2D eigenvalue weighted by Crippen LogP contribution is 2.39. The zero-order valence-electron chi connectivity index (χ0n) is 12.4. The van der Waals surface area contributed by atoms with Gasteiger partial charge in [0.15, 0.2) is 0 Å². The van der Waals surface area contributed by atoms with Gasteiger partial charge in [-0.25, -0.2) is 5.26 Å². The van der Waals surface area contributed by atoms with Crippen molar-refractivity contribution >= 4 is 12.7 Å². The first-order chi connectivity index (χ1) is 9.05. The lowest BCUT2D eigenvalue weighted by Gasteiger charge is -2.41. The molecule has 1 heterocycles. The minimum atomic E-state index is -0.151. The van der Waals surface area contributed by atoms with Crippen LogP contribution < -0.4 is 0 Å². The second-order valence-corrected chi connectivity index (χ2v) is 5.77. The highest BCUT2D eigenvalue weighted by Gasteiger charge is 2.33. The Morgan fingerprint density at radius 1 is 1.47 bits per heavy atom. The average molecular weight is 264 g/mol. The zero-order valence-corrected chi connectivity index (χ0v) is 12.4. The van der Waals surface area contributed by atoms with Gasteiger partial charge < -0.3 is 4.74 Å². The summed E-state index contributed by atoms with van der Waals surface area (Å²) in [6.45, 7) is 6.72. The van der Waals surface area contributed by atoms with Crippen LogP contribution in [0.4, 0.5) is 0 Å². The van der Waals surface area contributed by atoms with Crippen LogP contribution in [0, 0.1) is 16.6 Å². The summed E-state index contributed by atoms with van der Waals surface area (Å²) < 4.78 is 4.71. The van der Waals surface area contributed by atoms with Crippen molar-refractivity contribution in [2.75, 3.05) is 26.7 Å². The average Bonchev–Trinajstić information content (AvgIpc) is 2.46. The van der Waals surface area contributed by atoms with Gasteiger partial charge in [-0.3, -0.25) is 9.69 Å². The van der Waals surface area contributed by atoms with Gasteiger partial charge in [0, 0.05) is 5.97 Å². The van der Waals surface area contributed by atoms with Gasteiger partial charge >= 0.3 is 5.97 Å². The molecule has 0 aromatic heterocycles. The van der Waals surface area contributed by atoms with E-state index in [1.807, 2.05) is 6.82 Å². The van der Waals surface area contributed by atoms with Crippen LogP contribution in [-0.4, -0.2) is 44.3 Å². The van der Waals surface area contributed by atoms with Crippen LogP contribution in [0.25, 0.3) is 0 Å². The number of ether oxygens (including phenoxy) is 1. The monoisotopic (exact) mass is 264 g/mol. The molecule has 0 bridgehead atoms. The number of hydrogen-bond acceptors (Lipinski definition) is 4. The van der Waals surface area contributed by atoms with E-state index >= 15 is 0 Å². The van der Waals surface area contributed by atoms with E-state index in [-0.39, 0.29) is 12.7 Å². The number of methoxy groups -OCH3 is 1. The van der Waals surface area contributed by atoms with Gasteiger partial charge in [0.1, 0.15) is 0 Å². The largest absolute Gasteiger partial charge is 0.468 e. The van der Waals surface area contributed by atoms with Crippen molar-refractivity contribution in [1.29, 1.82) is 5.26 Å². The molecule has 1 fully saturated rings. The summed E-state index contributed by atoms with van der Waals surface area (Å²) >= 11 is 0. The molecule has 1 saturated heterocycles. The van der Waals surface area contributed by atoms with Crippen molar-refractivity contribution in [1.82, 2.24) is 4.90 Å². The molecule has 0 amide bonds. The normalized spacial score (nSPS) is 18.6. The first kappa shape index (κ1) is 16.0. The molecular weight excluding hydrogens is 239 g/mol. The van der Waals surface area contributed by atoms with Gasteiger partial charge in [0.25, 0.3) is 6.71 Å². The molecule has 1 rings (SSSR count). The molecule has 5 heteroatoms. The zero-order chi connectivity index (χ0) is 14.3. The maximum Gasteiger partial charge on any atom is 0.319 e. The first-order valence-electron chi connectivity index (χ1n) is 7.24. The Balaban J connectivity index is 2.43. The molecule has 0 aromatic carbocycles. The van der Waals surface area contributed by atoms with Crippen LogP contribution in [0.15, 0.2) is 0 Å². The summed E-state index contributed by atoms with van der Waals surface area (Å²) in [4.78, 5) is 13.4. The van der Waals surface area contributed by atoms with Crippen LogP contribution in [0.5, 0.6) is 0 Å². The maximum absolute atomic E-state index is 11.3. The highest BCUT2D eigenvalue weighted by molar-refractivity contribution is 6.65. The highest BCUT2D eigenvalue weighted by atomic mass is 16.5. The molecule has 0 atom stereocenters. The van der Waals surface area contributed by atoms with E-state index in [1.54, 1.807) is 0 Å². The van der Waals surface area contributed by atoms with Crippen LogP contribution >= 0.6 is 0 Å². The van der Waals surface area contributed by atoms with E-state index in [9.17, 15) is 4.79 Å². The fourth-order valence-corrected chi connectivity index (χ4v) is 2.80. The number of nitrogens with zero attached hydrogens (tertiary/aromatic N) is 2. The van der Waals surface area contributed by atoms with E-state index < -0.39 is 0 Å². The summed E-state index contributed by atoms with van der Waals surface area (Å²) in [5.41, 5.74) is 0.373. The first-order valence-corrected chi connectivity index (χ1v) is 7.24. The Hall–Kier alpha value is -1.02. The van der Waals surface area contributed by atoms with Crippen molar-refractivity contribution in [3.8, 4) is 5.97 Å². The summed E-state index contributed by atoms with van der Waals surface area (Å²) in [7, 11) is 1.44. The number of esters is 1. The molecule has 4 nitrogen and oxygen atoms in total. The van der Waals surface area contributed by atoms with Crippen LogP contribution in [0.2, 0.25) is 13.1 Å². The second kappa shape index (κ2) is 7.54. The molecule has 106 valence electrons. The number of piperidine rings is 1. The van der Waals surface area contributed by atoms with Gasteiger partial charge in [-0.2, -0.15) is 0 Å². The quantitative estimate of drug-likeness (QED) is 0.545. The third kappa shape index (κ3) is 4.87. The molecule has 1 aliphatic heterocycles. The number of carbonyl (C=O) groups is 1. The molecule has 1 aliphatic rings. The number of rotatable bonds is 6. The maximum atomic E-state index is 11.3. The predicted octanol–water partition coefficient (Wildman–Crippen LogP) is 2.23. The number of hydrogen-bond donors (Lipinski definition) is 0. The number of likely N-dealkylation sites (tertiary alicyclic amines) is 1. The molecule has 0 saturated carbocycles. The van der Waals surface area contributed by atoms with Crippen molar-refractivity contribution in [3.63, 3.8) is 0 Å². The molecule has 0 aliphatic carbocycles. The lowest BCUT2D eigenvalue weighted by Crippen LogP contribution is -2.42.